The van der Waals surface area contributed by atoms with Crippen LogP contribution in [0.1, 0.15) is 48.8 Å². The summed E-state index contributed by atoms with van der Waals surface area (Å²) < 4.78 is 2.34. The van der Waals surface area contributed by atoms with Gasteiger partial charge in [-0.05, 0) is 48.4 Å². The Kier molecular flexibility index (Phi) is 3.17. The molecule has 0 aromatic carbocycles. The molecule has 2 heterocycles. The van der Waals surface area contributed by atoms with Crippen molar-refractivity contribution < 1.29 is 0 Å². The molecule has 1 aliphatic carbocycles. The van der Waals surface area contributed by atoms with Crippen molar-refractivity contribution in [3.05, 3.63) is 53.1 Å². The summed E-state index contributed by atoms with van der Waals surface area (Å²) in [6.45, 7) is 7.51. The van der Waals surface area contributed by atoms with Gasteiger partial charge in [0.05, 0.1) is 0 Å². The monoisotopic (exact) mass is 269 g/mol. The molecule has 3 nitrogen and oxygen atoms in total. The van der Waals surface area contributed by atoms with Crippen molar-refractivity contribution in [2.24, 2.45) is 11.1 Å². The minimum absolute atomic E-state index is 0.172. The van der Waals surface area contributed by atoms with Crippen LogP contribution in [0, 0.1) is 12.3 Å². The molecule has 2 aromatic heterocycles. The molecule has 0 saturated heterocycles. The van der Waals surface area contributed by atoms with Crippen molar-refractivity contribution >= 4 is 0 Å². The van der Waals surface area contributed by atoms with Crippen LogP contribution in [-0.4, -0.2) is 9.55 Å². The van der Waals surface area contributed by atoms with Crippen molar-refractivity contribution in [2.75, 3.05) is 0 Å². The fourth-order valence-corrected chi connectivity index (χ4v) is 3.23. The van der Waals surface area contributed by atoms with Gasteiger partial charge in [0.1, 0.15) is 0 Å². The van der Waals surface area contributed by atoms with Crippen LogP contribution >= 0.6 is 0 Å². The third kappa shape index (κ3) is 2.50. The first-order valence-electron chi connectivity index (χ1n) is 7.30. The molecular weight excluding hydrogens is 246 g/mol. The van der Waals surface area contributed by atoms with Crippen LogP contribution in [-0.2, 0) is 13.0 Å². The van der Waals surface area contributed by atoms with Crippen molar-refractivity contribution in [2.45, 2.75) is 46.2 Å². The molecule has 3 rings (SSSR count). The van der Waals surface area contributed by atoms with E-state index in [9.17, 15) is 0 Å². The molecule has 0 amide bonds. The van der Waals surface area contributed by atoms with Crippen LogP contribution in [0.25, 0.3) is 0 Å². The van der Waals surface area contributed by atoms with Gasteiger partial charge in [-0.3, -0.25) is 4.98 Å². The Morgan fingerprint density at radius 2 is 2.15 bits per heavy atom. The first-order valence-corrected chi connectivity index (χ1v) is 7.30. The fourth-order valence-electron chi connectivity index (χ4n) is 3.23. The number of rotatable bonds is 2. The van der Waals surface area contributed by atoms with Crippen molar-refractivity contribution in [1.29, 1.82) is 0 Å². The van der Waals surface area contributed by atoms with Crippen molar-refractivity contribution in [3.63, 3.8) is 0 Å². The smallest absolute Gasteiger partial charge is 0.0488 e. The quantitative estimate of drug-likeness (QED) is 0.909. The maximum absolute atomic E-state index is 6.32. The zero-order chi connectivity index (χ0) is 14.3. The maximum atomic E-state index is 6.32. The predicted octanol–water partition coefficient (Wildman–Crippen LogP) is 3.21. The normalized spacial score (nSPS) is 20.7. The van der Waals surface area contributed by atoms with E-state index in [4.69, 9.17) is 5.73 Å². The molecule has 2 aromatic rings. The highest BCUT2D eigenvalue weighted by Crippen LogP contribution is 2.40. The SMILES string of the molecule is Cc1ccc(Cn2ccc3c2CC(C)(C)CC3N)cn1. The average Bonchev–Trinajstić information content (AvgIpc) is 2.74. The summed E-state index contributed by atoms with van der Waals surface area (Å²) >= 11 is 0. The zero-order valence-electron chi connectivity index (χ0n) is 12.6. The number of hydrogen-bond donors (Lipinski definition) is 1. The third-order valence-corrected chi connectivity index (χ3v) is 4.26. The number of nitrogens with two attached hydrogens (primary N) is 1. The molecule has 0 saturated carbocycles. The lowest BCUT2D eigenvalue weighted by molar-refractivity contribution is 0.276. The van der Waals surface area contributed by atoms with E-state index < -0.39 is 0 Å². The summed E-state index contributed by atoms with van der Waals surface area (Å²) in [5.41, 5.74) is 11.6. The first kappa shape index (κ1) is 13.4. The lowest BCUT2D eigenvalue weighted by Gasteiger charge is -2.34. The number of hydrogen-bond acceptors (Lipinski definition) is 2. The number of aryl methyl sites for hydroxylation is 1. The first-order chi connectivity index (χ1) is 9.44. The van der Waals surface area contributed by atoms with E-state index in [0.717, 1.165) is 25.1 Å². The summed E-state index contributed by atoms with van der Waals surface area (Å²) in [5, 5.41) is 0. The maximum Gasteiger partial charge on any atom is 0.0488 e. The van der Waals surface area contributed by atoms with Gasteiger partial charge < -0.3 is 10.3 Å². The van der Waals surface area contributed by atoms with E-state index in [-0.39, 0.29) is 11.5 Å². The summed E-state index contributed by atoms with van der Waals surface area (Å²) in [6, 6.07) is 6.59. The lowest BCUT2D eigenvalue weighted by Crippen LogP contribution is -2.30. The van der Waals surface area contributed by atoms with Gasteiger partial charge in [0.2, 0.25) is 0 Å². The Morgan fingerprint density at radius 3 is 2.85 bits per heavy atom. The summed E-state index contributed by atoms with van der Waals surface area (Å²) in [4.78, 5) is 4.38. The lowest BCUT2D eigenvalue weighted by atomic mass is 9.74. The van der Waals surface area contributed by atoms with Gasteiger partial charge in [0, 0.05) is 36.4 Å². The van der Waals surface area contributed by atoms with Crippen LogP contribution in [0.5, 0.6) is 0 Å². The molecule has 0 spiro atoms. The summed E-state index contributed by atoms with van der Waals surface area (Å²) in [6.07, 6.45) is 6.31. The number of nitrogens with zero attached hydrogens (tertiary/aromatic N) is 2. The molecule has 20 heavy (non-hydrogen) atoms. The van der Waals surface area contributed by atoms with Crippen LogP contribution in [0.4, 0.5) is 0 Å². The number of fused-ring (bicyclic) bond motifs is 1. The van der Waals surface area contributed by atoms with Crippen molar-refractivity contribution in [3.8, 4) is 0 Å². The minimum atomic E-state index is 0.172. The Morgan fingerprint density at radius 1 is 1.35 bits per heavy atom. The fraction of sp³-hybridized carbons (Fsp3) is 0.471. The van der Waals surface area contributed by atoms with Gasteiger partial charge in [-0.2, -0.15) is 0 Å². The second-order valence-electron chi connectivity index (χ2n) is 6.81. The molecule has 2 N–H and O–H groups in total. The van der Waals surface area contributed by atoms with E-state index in [1.54, 1.807) is 0 Å². The second kappa shape index (κ2) is 4.74. The molecule has 1 aliphatic rings. The van der Waals surface area contributed by atoms with Gasteiger partial charge in [-0.15, -0.1) is 0 Å². The van der Waals surface area contributed by atoms with Gasteiger partial charge >= 0.3 is 0 Å². The molecule has 0 aliphatic heterocycles. The standard InChI is InChI=1S/C17H23N3/c1-12-4-5-13(10-19-12)11-20-7-6-14-15(18)8-17(2,3)9-16(14)20/h4-7,10,15H,8-9,11,18H2,1-3H3. The highest BCUT2D eigenvalue weighted by molar-refractivity contribution is 5.31. The Labute approximate surface area is 120 Å². The molecule has 1 atom stereocenters. The van der Waals surface area contributed by atoms with E-state index in [1.165, 1.54) is 16.8 Å². The van der Waals surface area contributed by atoms with E-state index in [0.29, 0.717) is 0 Å². The Hall–Kier alpha value is -1.61. The molecule has 0 radical (unpaired) electrons. The molecule has 1 unspecified atom stereocenters. The second-order valence-corrected chi connectivity index (χ2v) is 6.81. The van der Waals surface area contributed by atoms with Gasteiger partial charge in [0.15, 0.2) is 0 Å². The molecule has 106 valence electrons. The van der Waals surface area contributed by atoms with E-state index in [2.05, 4.69) is 47.8 Å². The summed E-state index contributed by atoms with van der Waals surface area (Å²) in [7, 11) is 0. The number of pyridine rings is 1. The highest BCUT2D eigenvalue weighted by Gasteiger charge is 2.32. The molecule has 3 heteroatoms. The largest absolute Gasteiger partial charge is 0.347 e. The predicted molar refractivity (Wildman–Crippen MR) is 81.5 cm³/mol. The van der Waals surface area contributed by atoms with Crippen LogP contribution in [0.3, 0.4) is 0 Å². The van der Waals surface area contributed by atoms with Gasteiger partial charge in [-0.25, -0.2) is 0 Å². The Balaban J connectivity index is 1.91. The highest BCUT2D eigenvalue weighted by atomic mass is 15.0. The Bertz CT molecular complexity index is 608. The van der Waals surface area contributed by atoms with E-state index in [1.807, 2.05) is 13.1 Å². The van der Waals surface area contributed by atoms with Crippen LogP contribution in [0.2, 0.25) is 0 Å². The van der Waals surface area contributed by atoms with Gasteiger partial charge in [0.25, 0.3) is 0 Å². The van der Waals surface area contributed by atoms with E-state index >= 15 is 0 Å². The zero-order valence-corrected chi connectivity index (χ0v) is 12.6. The average molecular weight is 269 g/mol. The molecular formula is C17H23N3. The third-order valence-electron chi connectivity index (χ3n) is 4.26. The van der Waals surface area contributed by atoms with Crippen LogP contribution in [0.15, 0.2) is 30.6 Å². The van der Waals surface area contributed by atoms with Crippen molar-refractivity contribution in [1.82, 2.24) is 9.55 Å². The minimum Gasteiger partial charge on any atom is -0.347 e. The molecule has 0 fully saturated rings. The number of aromatic nitrogens is 2. The molecule has 0 bridgehead atoms. The van der Waals surface area contributed by atoms with Gasteiger partial charge in [-0.1, -0.05) is 19.9 Å². The topological polar surface area (TPSA) is 43.8 Å². The summed E-state index contributed by atoms with van der Waals surface area (Å²) in [5.74, 6) is 0. The van der Waals surface area contributed by atoms with Crippen LogP contribution < -0.4 is 5.73 Å².